The number of rotatable bonds is 16. The number of aliphatic carboxylic acids is 2. The first-order valence-corrected chi connectivity index (χ1v) is 13.9. The number of aromatic amines is 1. The van der Waals surface area contributed by atoms with Crippen LogP contribution in [0.25, 0.3) is 11.2 Å². The molecule has 9 N–H and O–H groups in total. The summed E-state index contributed by atoms with van der Waals surface area (Å²) >= 11 is 0. The fraction of sp³-hybridized carbons (Fsp3) is 0.321. The zero-order chi connectivity index (χ0) is 32.6. The van der Waals surface area contributed by atoms with Crippen LogP contribution in [0.5, 0.6) is 0 Å². The number of nitrogen functional groups attached to an aromatic ring is 1. The molecule has 0 bridgehead atoms. The molecule has 1 unspecified atom stereocenters. The minimum absolute atomic E-state index is 0.0300. The molecular weight excluding hydrogens is 590 g/mol. The van der Waals surface area contributed by atoms with E-state index in [9.17, 15) is 39.0 Å². The molecule has 17 heteroatoms. The highest BCUT2D eigenvalue weighted by atomic mass is 16.4. The number of benzene rings is 1. The van der Waals surface area contributed by atoms with E-state index >= 15 is 0 Å². The molecule has 1 aliphatic rings. The van der Waals surface area contributed by atoms with E-state index in [-0.39, 0.29) is 35.8 Å². The molecule has 2 aromatic heterocycles. The molecule has 0 fully saturated rings. The van der Waals surface area contributed by atoms with E-state index in [1.54, 1.807) is 12.1 Å². The summed E-state index contributed by atoms with van der Waals surface area (Å²) in [6, 6.07) is 6.09. The predicted octanol–water partition coefficient (Wildman–Crippen LogP) is 0.0157. The van der Waals surface area contributed by atoms with Crippen LogP contribution < -0.4 is 32.6 Å². The van der Waals surface area contributed by atoms with Crippen molar-refractivity contribution in [3.05, 3.63) is 63.7 Å². The van der Waals surface area contributed by atoms with E-state index in [4.69, 9.17) is 5.73 Å². The number of carbonyl (C=O) groups is 5. The molecule has 0 aliphatic carbocycles. The Morgan fingerprint density at radius 2 is 1.76 bits per heavy atom. The van der Waals surface area contributed by atoms with Gasteiger partial charge in [0.1, 0.15) is 0 Å². The second-order valence-electron chi connectivity index (χ2n) is 10.2. The van der Waals surface area contributed by atoms with Crippen LogP contribution in [-0.4, -0.2) is 72.0 Å². The highest BCUT2D eigenvalue weighted by Gasteiger charge is 2.40. The van der Waals surface area contributed by atoms with Crippen LogP contribution in [0.2, 0.25) is 0 Å². The maximum Gasteiger partial charge on any atom is 0.344 e. The van der Waals surface area contributed by atoms with Crippen molar-refractivity contribution in [3.8, 4) is 0 Å². The quantitative estimate of drug-likeness (QED) is 0.0595. The zero-order valence-electron chi connectivity index (χ0n) is 23.9. The van der Waals surface area contributed by atoms with Gasteiger partial charge in [-0.1, -0.05) is 6.42 Å². The first-order chi connectivity index (χ1) is 21.5. The smallest absolute Gasteiger partial charge is 0.344 e. The molecule has 17 nitrogen and oxygen atoms in total. The number of hydrogen-bond acceptors (Lipinski definition) is 12. The van der Waals surface area contributed by atoms with Gasteiger partial charge in [0, 0.05) is 35.7 Å². The van der Waals surface area contributed by atoms with Crippen molar-refractivity contribution >= 4 is 52.5 Å². The average molecular weight is 622 g/mol. The Balaban J connectivity index is 1.35. The summed E-state index contributed by atoms with van der Waals surface area (Å²) in [5, 5.41) is 29.7. The molecule has 3 aromatic rings. The molecule has 0 spiro atoms. The highest BCUT2D eigenvalue weighted by molar-refractivity contribution is 6.16. The van der Waals surface area contributed by atoms with Gasteiger partial charge in [0.15, 0.2) is 16.8 Å². The number of imide groups is 1. The Kier molecular flexibility index (Phi) is 10.1. The SMILES string of the molecule is Nc1nc2ncc(CNc3ccc(C(=O)NC(CCC(=O)O)(NCCCCCC4=CC(=O)NC4=O)C(=O)O)cc3)nc2c(=O)[nH]1. The third kappa shape index (κ3) is 8.44. The number of nitrogens with two attached hydrogens (primary N) is 1. The van der Waals surface area contributed by atoms with Crippen LogP contribution in [0.1, 0.15) is 54.6 Å². The molecule has 3 heterocycles. The number of fused-ring (bicyclic) bond motifs is 1. The number of H-pyrrole nitrogens is 1. The van der Waals surface area contributed by atoms with E-state index in [1.165, 1.54) is 24.4 Å². The standard InChI is InChI=1S/C28H31N9O8/c29-27-35-22-21(25(43)36-27)33-18(14-31-22)13-30-17-7-5-15(6-8-17)24(42)37-28(26(44)45,10-9-20(39)40)32-11-3-1-2-4-16-12-19(38)34-23(16)41/h5-8,12,14,30,32H,1-4,9-11,13H2,(H,37,42)(H,39,40)(H,44,45)(H,34,38,41)(H3,29,31,35,36,43). The monoisotopic (exact) mass is 621 g/mol. The molecule has 1 atom stereocenters. The van der Waals surface area contributed by atoms with E-state index in [0.29, 0.717) is 42.6 Å². The number of carboxylic acid groups (broad SMARTS) is 2. The second-order valence-corrected chi connectivity index (χ2v) is 10.2. The van der Waals surface area contributed by atoms with Crippen LogP contribution in [0.3, 0.4) is 0 Å². The number of aromatic nitrogens is 4. The van der Waals surface area contributed by atoms with E-state index in [1.807, 2.05) is 0 Å². The Labute approximate surface area is 254 Å². The lowest BCUT2D eigenvalue weighted by molar-refractivity contribution is -0.147. The third-order valence-corrected chi connectivity index (χ3v) is 6.90. The van der Waals surface area contributed by atoms with Crippen LogP contribution in [0.4, 0.5) is 11.6 Å². The van der Waals surface area contributed by atoms with Gasteiger partial charge in [0.05, 0.1) is 18.4 Å². The average Bonchev–Trinajstić information content (AvgIpc) is 3.32. The molecular formula is C28H31N9O8. The summed E-state index contributed by atoms with van der Waals surface area (Å²) in [5.74, 6) is -4.37. The van der Waals surface area contributed by atoms with Gasteiger partial charge < -0.3 is 26.6 Å². The van der Waals surface area contributed by atoms with Gasteiger partial charge in [0.25, 0.3) is 23.3 Å². The topological polar surface area (TPSA) is 271 Å². The van der Waals surface area contributed by atoms with Crippen LogP contribution >= 0.6 is 0 Å². The van der Waals surface area contributed by atoms with Crippen molar-refractivity contribution in [3.63, 3.8) is 0 Å². The molecule has 4 rings (SSSR count). The van der Waals surface area contributed by atoms with Crippen molar-refractivity contribution in [2.75, 3.05) is 17.6 Å². The fourth-order valence-corrected chi connectivity index (χ4v) is 4.54. The van der Waals surface area contributed by atoms with Crippen molar-refractivity contribution in [1.29, 1.82) is 0 Å². The normalized spacial score (nSPS) is 14.0. The second kappa shape index (κ2) is 14.2. The molecule has 1 aromatic carbocycles. The summed E-state index contributed by atoms with van der Waals surface area (Å²) in [4.78, 5) is 86.3. The van der Waals surface area contributed by atoms with Crippen LogP contribution in [0, 0.1) is 0 Å². The van der Waals surface area contributed by atoms with E-state index < -0.39 is 53.7 Å². The van der Waals surface area contributed by atoms with Gasteiger partial charge >= 0.3 is 11.9 Å². The van der Waals surface area contributed by atoms with E-state index in [2.05, 4.69) is 41.2 Å². The minimum Gasteiger partial charge on any atom is -0.481 e. The Morgan fingerprint density at radius 3 is 2.42 bits per heavy atom. The lowest BCUT2D eigenvalue weighted by Crippen LogP contribution is -2.64. The van der Waals surface area contributed by atoms with Crippen molar-refractivity contribution in [1.82, 2.24) is 35.9 Å². The predicted molar refractivity (Wildman–Crippen MR) is 159 cm³/mol. The number of carboxylic acids is 2. The van der Waals surface area contributed by atoms with Crippen molar-refractivity contribution in [2.45, 2.75) is 50.7 Å². The zero-order valence-corrected chi connectivity index (χ0v) is 23.9. The molecule has 0 saturated carbocycles. The number of nitrogens with zero attached hydrogens (tertiary/aromatic N) is 3. The Bertz CT molecular complexity index is 1720. The van der Waals surface area contributed by atoms with Crippen molar-refractivity contribution < 1.29 is 34.2 Å². The van der Waals surface area contributed by atoms with Gasteiger partial charge in [-0.25, -0.2) is 14.8 Å². The van der Waals surface area contributed by atoms with Crippen molar-refractivity contribution in [2.24, 2.45) is 0 Å². The maximum atomic E-state index is 13.1. The van der Waals surface area contributed by atoms with Gasteiger partial charge in [-0.05, 0) is 50.1 Å². The third-order valence-electron chi connectivity index (χ3n) is 6.90. The van der Waals surface area contributed by atoms with Crippen LogP contribution in [-0.2, 0) is 25.7 Å². The summed E-state index contributed by atoms with van der Waals surface area (Å²) in [6.45, 7) is 0.314. The van der Waals surface area contributed by atoms with Gasteiger partial charge in [-0.15, -0.1) is 0 Å². The number of anilines is 2. The van der Waals surface area contributed by atoms with Gasteiger partial charge in [0.2, 0.25) is 5.95 Å². The summed E-state index contributed by atoms with van der Waals surface area (Å²) in [5.41, 5.74) is 4.60. The Hall–Kier alpha value is -5.71. The largest absolute Gasteiger partial charge is 0.481 e. The lowest BCUT2D eigenvalue weighted by Gasteiger charge is -2.31. The highest BCUT2D eigenvalue weighted by Crippen LogP contribution is 2.17. The summed E-state index contributed by atoms with van der Waals surface area (Å²) in [6.07, 6.45) is 3.73. The fourth-order valence-electron chi connectivity index (χ4n) is 4.54. The number of unbranched alkanes of at least 4 members (excludes halogenated alkanes) is 2. The first kappa shape index (κ1) is 32.2. The minimum atomic E-state index is -2.06. The van der Waals surface area contributed by atoms with Gasteiger partial charge in [-0.3, -0.25) is 39.6 Å². The molecule has 45 heavy (non-hydrogen) atoms. The first-order valence-electron chi connectivity index (χ1n) is 13.9. The number of amides is 3. The maximum absolute atomic E-state index is 13.1. The Morgan fingerprint density at radius 1 is 1.00 bits per heavy atom. The van der Waals surface area contributed by atoms with E-state index in [0.717, 1.165) is 0 Å². The van der Waals surface area contributed by atoms with Gasteiger partial charge in [-0.2, -0.15) is 4.98 Å². The number of nitrogens with one attached hydrogen (secondary N) is 5. The lowest BCUT2D eigenvalue weighted by atomic mass is 10.0. The summed E-state index contributed by atoms with van der Waals surface area (Å²) < 4.78 is 0. The summed E-state index contributed by atoms with van der Waals surface area (Å²) in [7, 11) is 0. The number of hydrogen-bond donors (Lipinski definition) is 8. The molecule has 0 radical (unpaired) electrons. The number of carbonyl (C=O) groups excluding carboxylic acids is 3. The molecule has 1 aliphatic heterocycles. The molecule has 236 valence electrons. The molecule has 0 saturated heterocycles. The van der Waals surface area contributed by atoms with Crippen LogP contribution in [0.15, 0.2) is 46.9 Å². The molecule has 3 amide bonds.